The average molecular weight is 748 g/mol. The number of hydrogen-bond donors (Lipinski definition) is 4. The highest BCUT2D eigenvalue weighted by Crippen LogP contribution is 2.31. The molecule has 15 nitrogen and oxygen atoms in total. The Labute approximate surface area is 310 Å². The molecule has 268 valence electrons. The van der Waals surface area contributed by atoms with Crippen LogP contribution in [-0.4, -0.2) is 88.0 Å². The van der Waals surface area contributed by atoms with Crippen molar-refractivity contribution >= 4 is 90.7 Å². The summed E-state index contributed by atoms with van der Waals surface area (Å²) < 4.78 is 0. The van der Waals surface area contributed by atoms with Crippen molar-refractivity contribution in [3.63, 3.8) is 0 Å². The van der Waals surface area contributed by atoms with Crippen LogP contribution in [0.2, 0.25) is 0 Å². The van der Waals surface area contributed by atoms with Gasteiger partial charge in [-0.05, 0) is 53.4 Å². The third kappa shape index (κ3) is 7.72. The van der Waals surface area contributed by atoms with Gasteiger partial charge in [0.05, 0.1) is 48.2 Å². The van der Waals surface area contributed by atoms with E-state index in [1.165, 1.54) is 46.5 Å². The molecule has 0 spiro atoms. The zero-order chi connectivity index (χ0) is 36.5. The Morgan fingerprint density at radius 2 is 1.28 bits per heavy atom. The number of aliphatic hydroxyl groups is 1. The molecule has 0 atom stereocenters. The molecule has 1 amide bonds. The number of aliphatic carboxylic acids is 1. The maximum atomic E-state index is 12.2. The first-order valence-corrected chi connectivity index (χ1v) is 18.5. The number of anilines is 4. The van der Waals surface area contributed by atoms with E-state index >= 15 is 0 Å². The number of amides is 1. The van der Waals surface area contributed by atoms with E-state index in [2.05, 4.69) is 56.6 Å². The van der Waals surface area contributed by atoms with Crippen LogP contribution in [0.15, 0.2) is 59.0 Å². The molecule has 9 rings (SSSR count). The Morgan fingerprint density at radius 3 is 1.77 bits per heavy atom. The van der Waals surface area contributed by atoms with Crippen molar-refractivity contribution in [1.29, 1.82) is 0 Å². The minimum Gasteiger partial charge on any atom is -0.481 e. The van der Waals surface area contributed by atoms with Crippen molar-refractivity contribution < 1.29 is 19.8 Å². The van der Waals surface area contributed by atoms with Gasteiger partial charge in [-0.15, -0.1) is 0 Å². The van der Waals surface area contributed by atoms with E-state index in [1.807, 2.05) is 42.8 Å². The third-order valence-corrected chi connectivity index (χ3v) is 10.8. The summed E-state index contributed by atoms with van der Waals surface area (Å²) in [7, 11) is 0. The highest BCUT2D eigenvalue weighted by molar-refractivity contribution is 7.18. The van der Waals surface area contributed by atoms with Gasteiger partial charge in [0.15, 0.2) is 11.6 Å². The van der Waals surface area contributed by atoms with Crippen LogP contribution in [0.5, 0.6) is 0 Å². The fourth-order valence-electron chi connectivity index (χ4n) is 6.16. The van der Waals surface area contributed by atoms with E-state index in [-0.39, 0.29) is 12.3 Å². The first kappa shape index (κ1) is 34.3. The molecule has 1 fully saturated rings. The SMILES string of the molecule is CC1(O)CN(C(=O)CCc2nc3c(Nc4ccc5c(c4)C=NC5)ncnc3s2)C1.O=C(O)CCc1nc2c(Nc3ccc4c(c3)C=NC4)ncnc2s1. The van der Waals surface area contributed by atoms with Gasteiger partial charge in [0.25, 0.3) is 0 Å². The third-order valence-electron chi connectivity index (χ3n) is 8.80. The summed E-state index contributed by atoms with van der Waals surface area (Å²) in [5.74, 6) is 0.476. The van der Waals surface area contributed by atoms with Crippen molar-refractivity contribution in [3.8, 4) is 0 Å². The molecule has 0 bridgehead atoms. The number of rotatable bonds is 10. The van der Waals surface area contributed by atoms with Crippen LogP contribution in [0.25, 0.3) is 20.7 Å². The molecule has 0 unspecified atom stereocenters. The first-order chi connectivity index (χ1) is 25.7. The molecule has 17 heteroatoms. The summed E-state index contributed by atoms with van der Waals surface area (Å²) in [6, 6.07) is 12.2. The fraction of sp³-hybridized carbons (Fsp3) is 0.278. The van der Waals surface area contributed by atoms with E-state index in [9.17, 15) is 14.7 Å². The highest BCUT2D eigenvalue weighted by atomic mass is 32.1. The van der Waals surface area contributed by atoms with E-state index in [1.54, 1.807) is 11.8 Å². The minimum absolute atomic E-state index is 0.0417. The predicted molar refractivity (Wildman–Crippen MR) is 204 cm³/mol. The van der Waals surface area contributed by atoms with Crippen molar-refractivity contribution in [2.75, 3.05) is 23.7 Å². The maximum Gasteiger partial charge on any atom is 0.303 e. The van der Waals surface area contributed by atoms with Gasteiger partial charge in [0, 0.05) is 43.1 Å². The zero-order valence-corrected chi connectivity index (χ0v) is 30.1. The van der Waals surface area contributed by atoms with E-state index in [4.69, 9.17) is 5.11 Å². The quantitative estimate of drug-likeness (QED) is 0.145. The molecule has 7 heterocycles. The number of carboxylic acids is 1. The number of aryl methyl sites for hydroxylation is 2. The van der Waals surface area contributed by atoms with Gasteiger partial charge in [-0.1, -0.05) is 34.8 Å². The largest absolute Gasteiger partial charge is 0.481 e. The van der Waals surface area contributed by atoms with E-state index < -0.39 is 11.6 Å². The number of carbonyl (C=O) groups is 2. The molecule has 6 aromatic rings. The van der Waals surface area contributed by atoms with Crippen LogP contribution in [0.1, 0.15) is 52.0 Å². The molecule has 2 aromatic carbocycles. The number of carboxylic acid groups (broad SMARTS) is 1. The van der Waals surface area contributed by atoms with Gasteiger partial charge in [-0.3, -0.25) is 19.6 Å². The Balaban J connectivity index is 0.000000154. The van der Waals surface area contributed by atoms with Crippen molar-refractivity contribution in [3.05, 3.63) is 81.3 Å². The van der Waals surface area contributed by atoms with Crippen molar-refractivity contribution in [2.24, 2.45) is 9.98 Å². The Kier molecular flexibility index (Phi) is 9.28. The first-order valence-electron chi connectivity index (χ1n) is 16.9. The number of aromatic nitrogens is 6. The van der Waals surface area contributed by atoms with Crippen molar-refractivity contribution in [2.45, 2.75) is 51.3 Å². The van der Waals surface area contributed by atoms with Crippen LogP contribution in [-0.2, 0) is 35.5 Å². The molecule has 4 N–H and O–H groups in total. The molecule has 4 aromatic heterocycles. The Hall–Kier alpha value is -5.78. The summed E-state index contributed by atoms with van der Waals surface area (Å²) in [4.78, 5) is 61.1. The monoisotopic (exact) mass is 747 g/mol. The number of benzene rings is 2. The minimum atomic E-state index is -0.835. The lowest BCUT2D eigenvalue weighted by molar-refractivity contribution is -0.152. The van der Waals surface area contributed by atoms with Gasteiger partial charge in [-0.25, -0.2) is 29.9 Å². The number of hydrogen-bond acceptors (Lipinski definition) is 15. The summed E-state index contributed by atoms with van der Waals surface area (Å²) in [6.45, 7) is 4.00. The lowest BCUT2D eigenvalue weighted by Crippen LogP contribution is -2.61. The van der Waals surface area contributed by atoms with Crippen molar-refractivity contribution in [1.82, 2.24) is 34.8 Å². The molecular weight excluding hydrogens is 715 g/mol. The average Bonchev–Trinajstić information content (AvgIpc) is 3.95. The van der Waals surface area contributed by atoms with Crippen LogP contribution in [0, 0.1) is 0 Å². The second kappa shape index (κ2) is 14.3. The summed E-state index contributed by atoms with van der Waals surface area (Å²) in [6.07, 6.45) is 8.12. The lowest BCUT2D eigenvalue weighted by Gasteiger charge is -2.44. The van der Waals surface area contributed by atoms with Gasteiger partial charge in [-0.2, -0.15) is 0 Å². The molecule has 1 saturated heterocycles. The Bertz CT molecular complexity index is 2430. The number of likely N-dealkylation sites (tertiary alicyclic amines) is 1. The van der Waals surface area contributed by atoms with Gasteiger partial charge < -0.3 is 25.7 Å². The van der Waals surface area contributed by atoms with Crippen LogP contribution in [0.4, 0.5) is 23.0 Å². The molecule has 3 aliphatic heterocycles. The zero-order valence-electron chi connectivity index (χ0n) is 28.5. The number of carbonyl (C=O) groups excluding carboxylic acids is 1. The standard InChI is InChI=1S/C20H20N6O2S.C16H13N5O2S/c1-20(28)9-26(10-20)16(27)5-4-15-25-17-18(22-11-23-19(17)29-15)24-14-3-2-12-7-21-8-13(12)6-14;22-13(23)4-3-12-21-14-15(18-8-19-16(14)24-12)20-11-2-1-9-6-17-7-10(9)5-11/h2-3,6,8,11,28H,4-5,7,9-10H2,1H3,(H,22,23,24);1-2,5,7-8H,3-4,6H2,(H,22,23)(H,18,19,20). The summed E-state index contributed by atoms with van der Waals surface area (Å²) >= 11 is 2.88. The number of fused-ring (bicyclic) bond motifs is 4. The number of nitrogens with zero attached hydrogens (tertiary/aromatic N) is 9. The van der Waals surface area contributed by atoms with Gasteiger partial charge >= 0.3 is 5.97 Å². The molecular formula is C36H33N11O4S2. The molecule has 0 saturated carbocycles. The smallest absolute Gasteiger partial charge is 0.303 e. The van der Waals surface area contributed by atoms with Crippen LogP contribution >= 0.6 is 22.7 Å². The molecule has 53 heavy (non-hydrogen) atoms. The molecule has 0 radical (unpaired) electrons. The van der Waals surface area contributed by atoms with Crippen LogP contribution < -0.4 is 10.6 Å². The second-order valence-electron chi connectivity index (χ2n) is 13.1. The number of aliphatic imine (C=N–C) groups is 2. The van der Waals surface area contributed by atoms with E-state index in [0.29, 0.717) is 55.0 Å². The number of thiazole rings is 2. The number of nitrogens with one attached hydrogen (secondary N) is 2. The fourth-order valence-corrected chi connectivity index (χ4v) is 7.97. The molecule has 3 aliphatic rings. The second-order valence-corrected chi connectivity index (χ2v) is 15.2. The highest BCUT2D eigenvalue weighted by Gasteiger charge is 2.39. The molecule has 0 aliphatic carbocycles. The summed E-state index contributed by atoms with van der Waals surface area (Å²) in [5, 5.41) is 26.8. The number of β-amino-alcohol motifs (C(OH)–C–C–N with tert-alkyl or cyclic N) is 1. The lowest BCUT2D eigenvalue weighted by atomic mass is 9.96. The normalized spacial score (nSPS) is 14.8. The Morgan fingerprint density at radius 1 is 0.774 bits per heavy atom. The summed E-state index contributed by atoms with van der Waals surface area (Å²) in [5.41, 5.74) is 7.09. The maximum absolute atomic E-state index is 12.2. The van der Waals surface area contributed by atoms with Gasteiger partial charge in [0.2, 0.25) is 5.91 Å². The topological polar surface area (TPSA) is 204 Å². The van der Waals surface area contributed by atoms with Crippen LogP contribution in [0.3, 0.4) is 0 Å². The van der Waals surface area contributed by atoms with Gasteiger partial charge in [0.1, 0.15) is 33.3 Å². The predicted octanol–water partition coefficient (Wildman–Crippen LogP) is 5.07. The van der Waals surface area contributed by atoms with E-state index in [0.717, 1.165) is 55.3 Å².